The van der Waals surface area contributed by atoms with Gasteiger partial charge in [0.1, 0.15) is 0 Å². The molecule has 29 heavy (non-hydrogen) atoms. The number of fused-ring (bicyclic) bond motifs is 1. The first kappa shape index (κ1) is 18.4. The van der Waals surface area contributed by atoms with Crippen LogP contribution in [0.2, 0.25) is 0 Å². The summed E-state index contributed by atoms with van der Waals surface area (Å²) in [6.07, 6.45) is 3.33. The predicted octanol–water partition coefficient (Wildman–Crippen LogP) is 5.33. The van der Waals surface area contributed by atoms with E-state index in [1.165, 1.54) is 10.5 Å². The van der Waals surface area contributed by atoms with Gasteiger partial charge in [-0.2, -0.15) is 0 Å². The lowest BCUT2D eigenvalue weighted by Crippen LogP contribution is -2.46. The van der Waals surface area contributed by atoms with Crippen molar-refractivity contribution in [1.82, 2.24) is 0 Å². The molecule has 1 heterocycles. The number of allylic oxidation sites excluding steroid dienone is 2. The van der Waals surface area contributed by atoms with Crippen LogP contribution in [0.25, 0.3) is 11.1 Å². The Hall–Kier alpha value is -2.68. The van der Waals surface area contributed by atoms with Crippen LogP contribution in [-0.2, 0) is 9.59 Å². The normalized spacial score (nSPS) is 30.7. The van der Waals surface area contributed by atoms with Crippen molar-refractivity contribution in [2.24, 2.45) is 35.5 Å². The Balaban J connectivity index is 1.60. The van der Waals surface area contributed by atoms with Crippen LogP contribution in [0.1, 0.15) is 27.2 Å². The molecular formula is C26H27NO2. The Labute approximate surface area is 172 Å². The van der Waals surface area contributed by atoms with Gasteiger partial charge in [0.25, 0.3) is 0 Å². The number of nitrogens with zero attached hydrogens (tertiary/aromatic N) is 1. The van der Waals surface area contributed by atoms with Gasteiger partial charge < -0.3 is 0 Å². The SMILES string of the molecule is CC1=CC2C(C(C)C)CC1C1C(=O)N(c3ccccc3-c3ccccc3)C(=O)C21. The van der Waals surface area contributed by atoms with Gasteiger partial charge in [-0.15, -0.1) is 0 Å². The lowest BCUT2D eigenvalue weighted by atomic mass is 9.54. The van der Waals surface area contributed by atoms with Crippen molar-refractivity contribution in [3.8, 4) is 11.1 Å². The first-order valence-electron chi connectivity index (χ1n) is 10.7. The number of benzene rings is 2. The van der Waals surface area contributed by atoms with Gasteiger partial charge in [0.05, 0.1) is 17.5 Å². The molecule has 1 saturated carbocycles. The standard InChI is InChI=1S/C26H27NO2/c1-15(2)19-14-20-16(3)13-21(19)24-23(20)25(28)27(26(24)29)22-12-8-7-11-18(22)17-9-5-4-6-10-17/h4-13,15,19-21,23-24H,14H2,1-3H3. The van der Waals surface area contributed by atoms with Gasteiger partial charge in [-0.1, -0.05) is 74.0 Å². The smallest absolute Gasteiger partial charge is 0.238 e. The van der Waals surface area contributed by atoms with E-state index in [0.29, 0.717) is 11.8 Å². The molecule has 5 atom stereocenters. The van der Waals surface area contributed by atoms with Crippen LogP contribution in [0.4, 0.5) is 5.69 Å². The zero-order valence-electron chi connectivity index (χ0n) is 17.2. The number of hydrogen-bond acceptors (Lipinski definition) is 2. The van der Waals surface area contributed by atoms with Crippen molar-refractivity contribution >= 4 is 17.5 Å². The van der Waals surface area contributed by atoms with Crippen LogP contribution >= 0.6 is 0 Å². The van der Waals surface area contributed by atoms with E-state index < -0.39 is 0 Å². The average molecular weight is 386 g/mol. The number of para-hydroxylation sites is 1. The summed E-state index contributed by atoms with van der Waals surface area (Å²) in [4.78, 5) is 28.8. The van der Waals surface area contributed by atoms with Gasteiger partial charge in [0.2, 0.25) is 11.8 Å². The quantitative estimate of drug-likeness (QED) is 0.529. The number of imide groups is 1. The van der Waals surface area contributed by atoms with E-state index >= 15 is 0 Å². The van der Waals surface area contributed by atoms with E-state index in [1.807, 2.05) is 54.6 Å². The molecule has 6 rings (SSSR count). The van der Waals surface area contributed by atoms with Crippen molar-refractivity contribution in [2.45, 2.75) is 27.2 Å². The van der Waals surface area contributed by atoms with Crippen LogP contribution in [0.3, 0.4) is 0 Å². The number of anilines is 1. The van der Waals surface area contributed by atoms with E-state index in [1.54, 1.807) is 0 Å². The van der Waals surface area contributed by atoms with E-state index in [2.05, 4.69) is 26.8 Å². The topological polar surface area (TPSA) is 37.4 Å². The highest BCUT2D eigenvalue weighted by Crippen LogP contribution is 2.57. The van der Waals surface area contributed by atoms with Crippen LogP contribution < -0.4 is 4.90 Å². The third-order valence-corrected chi connectivity index (χ3v) is 7.39. The van der Waals surface area contributed by atoms with E-state index in [0.717, 1.165) is 23.2 Å². The maximum Gasteiger partial charge on any atom is 0.238 e. The summed E-state index contributed by atoms with van der Waals surface area (Å²) in [5.41, 5.74) is 3.98. The first-order valence-corrected chi connectivity index (χ1v) is 10.7. The van der Waals surface area contributed by atoms with E-state index in [4.69, 9.17) is 0 Å². The fourth-order valence-electron chi connectivity index (χ4n) is 6.01. The van der Waals surface area contributed by atoms with Crippen molar-refractivity contribution in [3.63, 3.8) is 0 Å². The summed E-state index contributed by atoms with van der Waals surface area (Å²) in [5, 5.41) is 0. The number of carbonyl (C=O) groups is 2. The van der Waals surface area contributed by atoms with Crippen LogP contribution in [0.15, 0.2) is 66.2 Å². The summed E-state index contributed by atoms with van der Waals surface area (Å²) in [6, 6.07) is 17.8. The number of rotatable bonds is 3. The van der Waals surface area contributed by atoms with Gasteiger partial charge in [-0.25, -0.2) is 4.90 Å². The average Bonchev–Trinajstić information content (AvgIpc) is 3.00. The van der Waals surface area contributed by atoms with Crippen molar-refractivity contribution < 1.29 is 9.59 Å². The van der Waals surface area contributed by atoms with Crippen molar-refractivity contribution in [1.29, 1.82) is 0 Å². The molecule has 2 fully saturated rings. The third-order valence-electron chi connectivity index (χ3n) is 7.39. The Morgan fingerprint density at radius 1 is 0.897 bits per heavy atom. The van der Waals surface area contributed by atoms with Crippen LogP contribution in [0, 0.1) is 35.5 Å². The van der Waals surface area contributed by atoms with Gasteiger partial charge in [-0.3, -0.25) is 9.59 Å². The molecule has 3 nitrogen and oxygen atoms in total. The molecule has 2 bridgehead atoms. The van der Waals surface area contributed by atoms with E-state index in [-0.39, 0.29) is 35.5 Å². The van der Waals surface area contributed by atoms with Crippen LogP contribution in [-0.4, -0.2) is 11.8 Å². The zero-order valence-corrected chi connectivity index (χ0v) is 17.2. The maximum absolute atomic E-state index is 13.7. The summed E-state index contributed by atoms with van der Waals surface area (Å²) in [5.74, 6) is 0.948. The van der Waals surface area contributed by atoms with Gasteiger partial charge in [-0.05, 0) is 48.6 Å². The minimum atomic E-state index is -0.207. The Bertz CT molecular complexity index is 1010. The second kappa shape index (κ2) is 6.69. The summed E-state index contributed by atoms with van der Waals surface area (Å²) in [7, 11) is 0. The number of carbonyl (C=O) groups excluding carboxylic acids is 2. The van der Waals surface area contributed by atoms with Gasteiger partial charge >= 0.3 is 0 Å². The molecule has 2 amide bonds. The monoisotopic (exact) mass is 385 g/mol. The summed E-state index contributed by atoms with van der Waals surface area (Å²) in [6.45, 7) is 6.63. The second-order valence-corrected chi connectivity index (χ2v) is 9.18. The Morgan fingerprint density at radius 2 is 1.55 bits per heavy atom. The van der Waals surface area contributed by atoms with Crippen LogP contribution in [0.5, 0.6) is 0 Å². The molecule has 0 N–H and O–H groups in total. The van der Waals surface area contributed by atoms with Gasteiger partial charge in [0, 0.05) is 5.56 Å². The molecule has 4 aliphatic rings. The highest BCUT2D eigenvalue weighted by molar-refractivity contribution is 6.24. The zero-order chi connectivity index (χ0) is 20.3. The first-order chi connectivity index (χ1) is 14.0. The molecule has 3 aliphatic carbocycles. The molecule has 148 valence electrons. The van der Waals surface area contributed by atoms with E-state index in [9.17, 15) is 9.59 Å². The largest absolute Gasteiger partial charge is 0.274 e. The maximum atomic E-state index is 13.7. The lowest BCUT2D eigenvalue weighted by molar-refractivity contribution is -0.127. The van der Waals surface area contributed by atoms with Gasteiger partial charge in [0.15, 0.2) is 0 Å². The Kier molecular flexibility index (Phi) is 4.23. The fraction of sp³-hybridized carbons (Fsp3) is 0.385. The lowest BCUT2D eigenvalue weighted by Gasteiger charge is -2.48. The summed E-state index contributed by atoms with van der Waals surface area (Å²) < 4.78 is 0. The molecule has 5 unspecified atom stereocenters. The second-order valence-electron chi connectivity index (χ2n) is 9.18. The highest BCUT2D eigenvalue weighted by atomic mass is 16.2. The molecule has 0 radical (unpaired) electrons. The molecule has 0 spiro atoms. The number of hydrogen-bond donors (Lipinski definition) is 0. The molecule has 3 heteroatoms. The fourth-order valence-corrected chi connectivity index (χ4v) is 6.01. The minimum absolute atomic E-state index is 0.00645. The minimum Gasteiger partial charge on any atom is -0.274 e. The predicted molar refractivity (Wildman–Crippen MR) is 115 cm³/mol. The molecular weight excluding hydrogens is 358 g/mol. The van der Waals surface area contributed by atoms with Crippen molar-refractivity contribution in [2.75, 3.05) is 4.90 Å². The Morgan fingerprint density at radius 3 is 2.28 bits per heavy atom. The third kappa shape index (κ3) is 2.63. The molecule has 0 aromatic heterocycles. The number of amides is 2. The highest BCUT2D eigenvalue weighted by Gasteiger charge is 2.61. The molecule has 1 aliphatic heterocycles. The molecule has 2 aromatic carbocycles. The summed E-state index contributed by atoms with van der Waals surface area (Å²) >= 11 is 0. The molecule has 2 aromatic rings. The molecule has 1 saturated heterocycles. The van der Waals surface area contributed by atoms with Crippen molar-refractivity contribution in [3.05, 3.63) is 66.2 Å².